The average Bonchev–Trinajstić information content (AvgIpc) is 2.34. The molecular formula is C13H27N3O4S. The Balaban J connectivity index is 2.57. The zero-order valence-corrected chi connectivity index (χ0v) is 13.9. The maximum Gasteiger partial charge on any atom is 0.410 e. The van der Waals surface area contributed by atoms with E-state index in [9.17, 15) is 13.2 Å². The lowest BCUT2D eigenvalue weighted by molar-refractivity contribution is 0.0417. The van der Waals surface area contributed by atoms with Crippen LogP contribution in [0.4, 0.5) is 4.79 Å². The van der Waals surface area contributed by atoms with Gasteiger partial charge in [0, 0.05) is 19.1 Å². The summed E-state index contributed by atoms with van der Waals surface area (Å²) in [7, 11) is -3.74. The Labute approximate surface area is 127 Å². The van der Waals surface area contributed by atoms with Crippen molar-refractivity contribution in [1.29, 1.82) is 0 Å². The molecule has 0 bridgehead atoms. The maximum atomic E-state index is 12.2. The molecule has 1 heterocycles. The van der Waals surface area contributed by atoms with Crippen molar-refractivity contribution in [3.8, 4) is 0 Å². The molecular weight excluding hydrogens is 294 g/mol. The fourth-order valence-corrected chi connectivity index (χ4v) is 3.04. The van der Waals surface area contributed by atoms with Crippen LogP contribution in [0.1, 0.15) is 46.5 Å². The van der Waals surface area contributed by atoms with Crippen molar-refractivity contribution >= 4 is 16.3 Å². The van der Waals surface area contributed by atoms with Crippen LogP contribution in [0.25, 0.3) is 0 Å². The summed E-state index contributed by atoms with van der Waals surface area (Å²) in [5.41, 5.74) is 0. The maximum absolute atomic E-state index is 12.2. The Hall–Kier alpha value is -0.860. The lowest BCUT2D eigenvalue weighted by atomic mass is 10.0. The molecule has 1 fully saturated rings. The SMILES string of the molecule is CC(C)C[C@H](C)OC(=O)N1CCCC[C@H]1CNS(N)(=O)=O. The van der Waals surface area contributed by atoms with Gasteiger partial charge in [-0.15, -0.1) is 0 Å². The normalized spacial score (nSPS) is 21.4. The number of nitrogens with zero attached hydrogens (tertiary/aromatic N) is 1. The number of rotatable bonds is 6. The number of nitrogens with two attached hydrogens (primary N) is 1. The van der Waals surface area contributed by atoms with E-state index in [2.05, 4.69) is 18.6 Å². The summed E-state index contributed by atoms with van der Waals surface area (Å²) in [6.45, 7) is 6.74. The molecule has 21 heavy (non-hydrogen) atoms. The number of carbonyl (C=O) groups is 1. The second-order valence-corrected chi connectivity index (χ2v) is 7.44. The molecule has 3 N–H and O–H groups in total. The number of amides is 1. The summed E-state index contributed by atoms with van der Waals surface area (Å²) in [6.07, 6.45) is 2.90. The van der Waals surface area contributed by atoms with E-state index in [1.165, 1.54) is 0 Å². The second-order valence-electron chi connectivity index (χ2n) is 6.06. The second kappa shape index (κ2) is 7.95. The third-order valence-electron chi connectivity index (χ3n) is 3.49. The van der Waals surface area contributed by atoms with Crippen molar-refractivity contribution in [1.82, 2.24) is 9.62 Å². The number of likely N-dealkylation sites (tertiary alicyclic amines) is 1. The van der Waals surface area contributed by atoms with Gasteiger partial charge >= 0.3 is 6.09 Å². The van der Waals surface area contributed by atoms with Gasteiger partial charge in [-0.3, -0.25) is 0 Å². The molecule has 0 aromatic carbocycles. The standard InChI is InChI=1S/C13H27N3O4S/c1-10(2)8-11(3)20-13(17)16-7-5-4-6-12(16)9-15-21(14,18)19/h10-12,15H,4-9H2,1-3H3,(H2,14,18,19)/t11-,12-/m0/s1. The Kier molecular flexibility index (Phi) is 6.89. The minimum absolute atomic E-state index is 0.131. The molecule has 1 saturated heterocycles. The van der Waals surface area contributed by atoms with Gasteiger partial charge in [-0.25, -0.2) is 14.7 Å². The van der Waals surface area contributed by atoms with Crippen LogP contribution in [-0.2, 0) is 14.9 Å². The predicted molar refractivity (Wildman–Crippen MR) is 80.9 cm³/mol. The molecule has 124 valence electrons. The van der Waals surface area contributed by atoms with Crippen LogP contribution in [0.3, 0.4) is 0 Å². The van der Waals surface area contributed by atoms with Gasteiger partial charge in [0.2, 0.25) is 0 Å². The molecule has 1 aliphatic heterocycles. The molecule has 0 aromatic rings. The summed E-state index contributed by atoms with van der Waals surface area (Å²) in [5, 5.41) is 4.94. The number of hydrogen-bond acceptors (Lipinski definition) is 4. The van der Waals surface area contributed by atoms with Crippen LogP contribution < -0.4 is 9.86 Å². The zero-order valence-electron chi connectivity index (χ0n) is 13.0. The van der Waals surface area contributed by atoms with E-state index >= 15 is 0 Å². The first-order chi connectivity index (χ1) is 9.69. The smallest absolute Gasteiger partial charge is 0.410 e. The molecule has 2 atom stereocenters. The Morgan fingerprint density at radius 1 is 1.38 bits per heavy atom. The van der Waals surface area contributed by atoms with Gasteiger partial charge in [0.15, 0.2) is 0 Å². The van der Waals surface area contributed by atoms with Crippen molar-refractivity contribution < 1.29 is 17.9 Å². The van der Waals surface area contributed by atoms with E-state index in [0.29, 0.717) is 12.5 Å². The number of nitrogens with one attached hydrogen (secondary N) is 1. The van der Waals surface area contributed by atoms with Gasteiger partial charge in [0.1, 0.15) is 6.10 Å². The Bertz CT molecular complexity index is 439. The Morgan fingerprint density at radius 3 is 2.62 bits per heavy atom. The predicted octanol–water partition coefficient (Wildman–Crippen LogP) is 1.21. The summed E-state index contributed by atoms with van der Waals surface area (Å²) < 4.78 is 29.7. The van der Waals surface area contributed by atoms with Gasteiger partial charge < -0.3 is 9.64 Å². The van der Waals surface area contributed by atoms with Gasteiger partial charge in [0.25, 0.3) is 10.2 Å². The monoisotopic (exact) mass is 321 g/mol. The molecule has 0 unspecified atom stereocenters. The van der Waals surface area contributed by atoms with E-state index in [0.717, 1.165) is 25.7 Å². The minimum atomic E-state index is -3.74. The highest BCUT2D eigenvalue weighted by atomic mass is 32.2. The van der Waals surface area contributed by atoms with Gasteiger partial charge in [0.05, 0.1) is 0 Å². The van der Waals surface area contributed by atoms with Crippen LogP contribution in [0, 0.1) is 5.92 Å². The molecule has 0 saturated carbocycles. The largest absolute Gasteiger partial charge is 0.446 e. The quantitative estimate of drug-likeness (QED) is 0.767. The van der Waals surface area contributed by atoms with Gasteiger partial charge in [-0.1, -0.05) is 13.8 Å². The first kappa shape index (κ1) is 18.2. The molecule has 0 aliphatic carbocycles. The number of ether oxygens (including phenoxy) is 1. The molecule has 8 heteroatoms. The van der Waals surface area contributed by atoms with E-state index in [4.69, 9.17) is 9.88 Å². The van der Waals surface area contributed by atoms with E-state index in [1.807, 2.05) is 6.92 Å². The number of piperidine rings is 1. The number of hydrogen-bond donors (Lipinski definition) is 2. The highest BCUT2D eigenvalue weighted by Gasteiger charge is 2.29. The van der Waals surface area contributed by atoms with Crippen LogP contribution in [0.5, 0.6) is 0 Å². The lowest BCUT2D eigenvalue weighted by Crippen LogP contribution is -2.50. The zero-order chi connectivity index (χ0) is 16.0. The molecule has 1 aliphatic rings. The van der Waals surface area contributed by atoms with Crippen molar-refractivity contribution in [3.63, 3.8) is 0 Å². The lowest BCUT2D eigenvalue weighted by Gasteiger charge is -2.35. The summed E-state index contributed by atoms with van der Waals surface area (Å²) in [5.74, 6) is 0.453. The first-order valence-corrected chi connectivity index (χ1v) is 8.98. The van der Waals surface area contributed by atoms with Crippen molar-refractivity contribution in [2.45, 2.75) is 58.6 Å². The summed E-state index contributed by atoms with van der Waals surface area (Å²) >= 11 is 0. The van der Waals surface area contributed by atoms with E-state index in [-0.39, 0.29) is 24.8 Å². The van der Waals surface area contributed by atoms with Crippen LogP contribution in [0.15, 0.2) is 0 Å². The van der Waals surface area contributed by atoms with Crippen molar-refractivity contribution in [3.05, 3.63) is 0 Å². The third-order valence-corrected chi connectivity index (χ3v) is 4.06. The number of carbonyl (C=O) groups excluding carboxylic acids is 1. The summed E-state index contributed by atoms with van der Waals surface area (Å²) in [6, 6.07) is -0.198. The minimum Gasteiger partial charge on any atom is -0.446 e. The van der Waals surface area contributed by atoms with Crippen molar-refractivity contribution in [2.75, 3.05) is 13.1 Å². The Morgan fingerprint density at radius 2 is 2.05 bits per heavy atom. The fraction of sp³-hybridized carbons (Fsp3) is 0.923. The van der Waals surface area contributed by atoms with Crippen LogP contribution >= 0.6 is 0 Å². The topological polar surface area (TPSA) is 102 Å². The fourth-order valence-electron chi connectivity index (χ4n) is 2.62. The van der Waals surface area contributed by atoms with Crippen molar-refractivity contribution in [2.24, 2.45) is 11.1 Å². The summed E-state index contributed by atoms with van der Waals surface area (Å²) in [4.78, 5) is 13.8. The third kappa shape index (κ3) is 7.10. The molecule has 7 nitrogen and oxygen atoms in total. The van der Waals surface area contributed by atoms with E-state index < -0.39 is 10.2 Å². The highest BCUT2D eigenvalue weighted by molar-refractivity contribution is 7.87. The molecule has 0 spiro atoms. The van der Waals surface area contributed by atoms with E-state index in [1.54, 1.807) is 4.90 Å². The molecule has 0 radical (unpaired) electrons. The van der Waals surface area contributed by atoms with Crippen LogP contribution in [-0.4, -0.2) is 44.6 Å². The molecule has 1 rings (SSSR count). The first-order valence-electron chi connectivity index (χ1n) is 7.43. The van der Waals surface area contributed by atoms with Gasteiger partial charge in [-0.05, 0) is 38.5 Å². The average molecular weight is 321 g/mol. The van der Waals surface area contributed by atoms with Gasteiger partial charge in [-0.2, -0.15) is 8.42 Å². The molecule has 0 aromatic heterocycles. The highest BCUT2D eigenvalue weighted by Crippen LogP contribution is 2.19. The van der Waals surface area contributed by atoms with Crippen LogP contribution in [0.2, 0.25) is 0 Å². The molecule has 1 amide bonds.